The van der Waals surface area contributed by atoms with Crippen molar-refractivity contribution in [2.45, 2.75) is 13.0 Å². The van der Waals surface area contributed by atoms with E-state index in [2.05, 4.69) is 0 Å². The number of methoxy groups -OCH3 is 1. The molecule has 4 rings (SSSR count). The van der Waals surface area contributed by atoms with Crippen LogP contribution >= 0.6 is 0 Å². The molecule has 0 bridgehead atoms. The number of aryl methyl sites for hydroxylation is 1. The Morgan fingerprint density at radius 2 is 1.71 bits per heavy atom. The summed E-state index contributed by atoms with van der Waals surface area (Å²) in [5, 5.41) is 11.1. The number of amides is 1. The molecule has 1 aliphatic heterocycles. The van der Waals surface area contributed by atoms with Crippen LogP contribution in [0.5, 0.6) is 5.75 Å². The third kappa shape index (κ3) is 3.57. The van der Waals surface area contributed by atoms with E-state index >= 15 is 0 Å². The number of hydrogen-bond donors (Lipinski definition) is 1. The average Bonchev–Trinajstić information content (AvgIpc) is 3.04. The topological polar surface area (TPSA) is 66.8 Å². The number of ether oxygens (including phenoxy) is 1. The molecule has 0 radical (unpaired) electrons. The zero-order valence-corrected chi connectivity index (χ0v) is 17.0. The molecular formula is C25H20FNO4. The number of nitrogens with zero attached hydrogens (tertiary/aromatic N) is 1. The fourth-order valence-electron chi connectivity index (χ4n) is 3.82. The Labute approximate surface area is 179 Å². The second-order valence-electron chi connectivity index (χ2n) is 7.23. The molecule has 3 aromatic carbocycles. The van der Waals surface area contributed by atoms with Gasteiger partial charge in [0.05, 0.1) is 18.7 Å². The molecule has 0 aliphatic carbocycles. The molecule has 1 aliphatic rings. The van der Waals surface area contributed by atoms with Gasteiger partial charge >= 0.3 is 0 Å². The molecule has 31 heavy (non-hydrogen) atoms. The predicted octanol–water partition coefficient (Wildman–Crippen LogP) is 4.77. The van der Waals surface area contributed by atoms with Gasteiger partial charge in [0.25, 0.3) is 11.7 Å². The Morgan fingerprint density at radius 1 is 1.00 bits per heavy atom. The Bertz CT molecular complexity index is 1200. The minimum atomic E-state index is -0.898. The highest BCUT2D eigenvalue weighted by atomic mass is 19.1. The van der Waals surface area contributed by atoms with Crippen LogP contribution in [0.25, 0.3) is 5.76 Å². The smallest absolute Gasteiger partial charge is 0.300 e. The quantitative estimate of drug-likeness (QED) is 0.377. The standard InChI is InChI=1S/C25H20FNO4/c1-15-6-3-4-9-20(15)22-21(23(28)16-10-12-19(31-2)13-11-16)24(29)25(30)27(22)18-8-5-7-17(26)14-18/h3-14,22,28H,1-2H3/b23-21+. The van der Waals surface area contributed by atoms with Crippen molar-refractivity contribution in [3.63, 3.8) is 0 Å². The van der Waals surface area contributed by atoms with Crippen molar-refractivity contribution >= 4 is 23.1 Å². The number of benzene rings is 3. The van der Waals surface area contributed by atoms with E-state index in [0.29, 0.717) is 16.9 Å². The van der Waals surface area contributed by atoms with Crippen LogP contribution in [0.1, 0.15) is 22.7 Å². The van der Waals surface area contributed by atoms with Crippen LogP contribution in [0.3, 0.4) is 0 Å². The Kier molecular flexibility index (Phi) is 5.29. The Balaban J connectivity index is 1.95. The van der Waals surface area contributed by atoms with E-state index in [1.807, 2.05) is 19.1 Å². The number of ketones is 1. The molecule has 3 aromatic rings. The Hall–Kier alpha value is -3.93. The molecular weight excluding hydrogens is 397 g/mol. The van der Waals surface area contributed by atoms with Crippen molar-refractivity contribution in [3.8, 4) is 5.75 Å². The summed E-state index contributed by atoms with van der Waals surface area (Å²) in [6.07, 6.45) is 0. The predicted molar refractivity (Wildman–Crippen MR) is 115 cm³/mol. The summed E-state index contributed by atoms with van der Waals surface area (Å²) in [6, 6.07) is 18.4. The third-order valence-corrected chi connectivity index (χ3v) is 5.38. The molecule has 0 spiro atoms. The number of aliphatic hydroxyl groups is 1. The average molecular weight is 417 g/mol. The first kappa shape index (κ1) is 20.3. The fourth-order valence-corrected chi connectivity index (χ4v) is 3.82. The normalized spacial score (nSPS) is 17.8. The highest BCUT2D eigenvalue weighted by Gasteiger charge is 2.47. The molecule has 1 atom stereocenters. The number of aliphatic hydroxyl groups excluding tert-OH is 1. The lowest BCUT2D eigenvalue weighted by Gasteiger charge is -2.26. The zero-order chi connectivity index (χ0) is 22.1. The molecule has 0 saturated carbocycles. The van der Waals surface area contributed by atoms with Crippen molar-refractivity contribution in [1.82, 2.24) is 0 Å². The first-order chi connectivity index (χ1) is 14.9. The molecule has 5 nitrogen and oxygen atoms in total. The van der Waals surface area contributed by atoms with Gasteiger partial charge in [-0.25, -0.2) is 4.39 Å². The summed E-state index contributed by atoms with van der Waals surface area (Å²) in [7, 11) is 1.53. The molecule has 6 heteroatoms. The molecule has 1 unspecified atom stereocenters. The number of rotatable bonds is 4. The second-order valence-corrected chi connectivity index (χ2v) is 7.23. The van der Waals surface area contributed by atoms with Gasteiger partial charge in [-0.3, -0.25) is 14.5 Å². The van der Waals surface area contributed by atoms with E-state index in [-0.39, 0.29) is 17.0 Å². The first-order valence-electron chi connectivity index (χ1n) is 9.69. The number of Topliss-reactive ketones (excluding diaryl/α,β-unsaturated/α-hetero) is 1. The van der Waals surface area contributed by atoms with E-state index in [1.165, 1.54) is 30.2 Å². The molecule has 1 saturated heterocycles. The van der Waals surface area contributed by atoms with Gasteiger partial charge in [-0.05, 0) is 60.5 Å². The summed E-state index contributed by atoms with van der Waals surface area (Å²) in [6.45, 7) is 1.86. The van der Waals surface area contributed by atoms with Crippen LogP contribution in [0, 0.1) is 12.7 Å². The largest absolute Gasteiger partial charge is 0.507 e. The van der Waals surface area contributed by atoms with E-state index in [9.17, 15) is 19.1 Å². The maximum absolute atomic E-state index is 13.9. The van der Waals surface area contributed by atoms with Gasteiger partial charge in [0.15, 0.2) is 0 Å². The lowest BCUT2D eigenvalue weighted by molar-refractivity contribution is -0.132. The molecule has 1 N–H and O–H groups in total. The number of halogens is 1. The summed E-state index contributed by atoms with van der Waals surface area (Å²) in [5.41, 5.74) is 2.06. The van der Waals surface area contributed by atoms with Crippen LogP contribution in [0.4, 0.5) is 10.1 Å². The van der Waals surface area contributed by atoms with Crippen molar-refractivity contribution in [1.29, 1.82) is 0 Å². The SMILES string of the molecule is COc1ccc(/C(O)=C2\C(=O)C(=O)N(c3cccc(F)c3)C2c2ccccc2C)cc1. The van der Waals surface area contributed by atoms with Crippen LogP contribution < -0.4 is 9.64 Å². The highest BCUT2D eigenvalue weighted by molar-refractivity contribution is 6.51. The zero-order valence-electron chi connectivity index (χ0n) is 17.0. The molecule has 156 valence electrons. The van der Waals surface area contributed by atoms with Gasteiger partial charge < -0.3 is 9.84 Å². The van der Waals surface area contributed by atoms with Crippen LogP contribution in [-0.4, -0.2) is 23.9 Å². The lowest BCUT2D eigenvalue weighted by atomic mass is 9.92. The summed E-state index contributed by atoms with van der Waals surface area (Å²) in [4.78, 5) is 27.4. The van der Waals surface area contributed by atoms with Gasteiger partial charge in [-0.1, -0.05) is 30.3 Å². The summed E-state index contributed by atoms with van der Waals surface area (Å²) >= 11 is 0. The van der Waals surface area contributed by atoms with Crippen molar-refractivity contribution < 1.29 is 23.8 Å². The maximum Gasteiger partial charge on any atom is 0.300 e. The fraction of sp³-hybridized carbons (Fsp3) is 0.120. The third-order valence-electron chi connectivity index (χ3n) is 5.38. The first-order valence-corrected chi connectivity index (χ1v) is 9.69. The van der Waals surface area contributed by atoms with Crippen molar-refractivity contribution in [3.05, 3.63) is 101 Å². The summed E-state index contributed by atoms with van der Waals surface area (Å²) < 4.78 is 19.1. The highest BCUT2D eigenvalue weighted by Crippen LogP contribution is 2.43. The number of carbonyl (C=O) groups excluding carboxylic acids is 2. The lowest BCUT2D eigenvalue weighted by Crippen LogP contribution is -2.29. The van der Waals surface area contributed by atoms with Crippen molar-refractivity contribution in [2.24, 2.45) is 0 Å². The molecule has 1 amide bonds. The van der Waals surface area contributed by atoms with Gasteiger partial charge in [0.1, 0.15) is 17.3 Å². The Morgan fingerprint density at radius 3 is 2.35 bits per heavy atom. The van der Waals surface area contributed by atoms with Gasteiger partial charge in [0.2, 0.25) is 0 Å². The van der Waals surface area contributed by atoms with E-state index in [4.69, 9.17) is 4.74 Å². The van der Waals surface area contributed by atoms with Gasteiger partial charge in [-0.15, -0.1) is 0 Å². The monoisotopic (exact) mass is 417 g/mol. The molecule has 1 fully saturated rings. The van der Waals surface area contributed by atoms with Crippen LogP contribution in [0.2, 0.25) is 0 Å². The van der Waals surface area contributed by atoms with Crippen molar-refractivity contribution in [2.75, 3.05) is 12.0 Å². The second kappa shape index (κ2) is 8.07. The number of hydrogen-bond acceptors (Lipinski definition) is 4. The summed E-state index contributed by atoms with van der Waals surface area (Å²) in [5.74, 6) is -1.89. The van der Waals surface area contributed by atoms with E-state index < -0.39 is 23.5 Å². The number of anilines is 1. The minimum absolute atomic E-state index is 0.0475. The van der Waals surface area contributed by atoms with E-state index in [1.54, 1.807) is 42.5 Å². The number of carbonyl (C=O) groups is 2. The molecule has 0 aromatic heterocycles. The maximum atomic E-state index is 13.9. The van der Waals surface area contributed by atoms with E-state index in [0.717, 1.165) is 5.56 Å². The van der Waals surface area contributed by atoms with Gasteiger partial charge in [0, 0.05) is 11.3 Å². The molecule has 1 heterocycles. The van der Waals surface area contributed by atoms with Gasteiger partial charge in [-0.2, -0.15) is 0 Å². The minimum Gasteiger partial charge on any atom is -0.507 e. The van der Waals surface area contributed by atoms with Crippen LogP contribution in [0.15, 0.2) is 78.4 Å². The van der Waals surface area contributed by atoms with Crippen LogP contribution in [-0.2, 0) is 9.59 Å².